The number of fused-ring (bicyclic) bond motifs is 11. The molecule has 0 atom stereocenters. The standard InChI is InChI=1S/C55H37BN2S/c1-55(2)44-21-13-22-46-53(44)57(48-32-38-19-10-9-18-37(38)30-45(48)55)49-33-43-41-20-11-12-23-50(41)59-54(43)51-42-29-26-39(35-16-7-4-8-17-35)31-47(42)58(56(46)52(49)51)40-27-24-36(25-28-40)34-14-5-3-6-15-34/h3-33H,1-2H3. The molecule has 2 nitrogen and oxygen atoms in total. The van der Waals surface area contributed by atoms with E-state index in [2.05, 4.69) is 212 Å². The van der Waals surface area contributed by atoms with Gasteiger partial charge in [0.1, 0.15) is 0 Å². The van der Waals surface area contributed by atoms with Gasteiger partial charge in [-0.25, -0.2) is 0 Å². The molecule has 0 saturated carbocycles. The number of hydrogen-bond donors (Lipinski definition) is 0. The summed E-state index contributed by atoms with van der Waals surface area (Å²) in [6, 6.07) is 70.5. The van der Waals surface area contributed by atoms with Crippen LogP contribution in [-0.2, 0) is 5.41 Å². The van der Waals surface area contributed by atoms with Crippen LogP contribution in [0.2, 0.25) is 0 Å². The van der Waals surface area contributed by atoms with Gasteiger partial charge in [0.15, 0.2) is 0 Å². The molecule has 10 aromatic rings. The molecule has 4 heterocycles. The average Bonchev–Trinajstić information content (AvgIpc) is 3.67. The van der Waals surface area contributed by atoms with Crippen LogP contribution >= 0.6 is 11.3 Å². The molecule has 0 aliphatic carbocycles. The number of hydrogen-bond acceptors (Lipinski definition) is 3. The van der Waals surface area contributed by atoms with Crippen LogP contribution in [0.25, 0.3) is 64.3 Å². The highest BCUT2D eigenvalue weighted by Gasteiger charge is 2.50. The smallest absolute Gasteiger partial charge is 0.333 e. The van der Waals surface area contributed by atoms with E-state index in [1.54, 1.807) is 0 Å². The fourth-order valence-electron chi connectivity index (χ4n) is 10.6. The van der Waals surface area contributed by atoms with Crippen LogP contribution in [0.5, 0.6) is 0 Å². The Morgan fingerprint density at radius 1 is 0.492 bits per heavy atom. The number of anilines is 5. The van der Waals surface area contributed by atoms with Crippen molar-refractivity contribution in [3.8, 4) is 33.4 Å². The number of thiophene rings is 1. The third-order valence-electron chi connectivity index (χ3n) is 13.4. The zero-order valence-corrected chi connectivity index (χ0v) is 33.6. The maximum Gasteiger partial charge on any atom is 0.333 e. The maximum atomic E-state index is 2.66. The first-order valence-electron chi connectivity index (χ1n) is 20.6. The predicted molar refractivity (Wildman–Crippen MR) is 254 cm³/mol. The molecule has 0 N–H and O–H groups in total. The normalized spacial score (nSPS) is 14.3. The van der Waals surface area contributed by atoms with Gasteiger partial charge in [-0.15, -0.1) is 11.3 Å². The first-order valence-corrected chi connectivity index (χ1v) is 21.4. The zero-order valence-electron chi connectivity index (χ0n) is 32.8. The minimum Gasteiger partial charge on any atom is -0.376 e. The van der Waals surface area contributed by atoms with Crippen molar-refractivity contribution in [1.29, 1.82) is 0 Å². The Hall–Kier alpha value is -6.88. The molecule has 0 spiro atoms. The SMILES string of the molecule is CC1(C)c2cc3ccccc3cc2N2c3cc4c(sc5ccccc54)c4c3B(c3cccc1c32)N(c1ccc(-c2ccccc2)cc1)c1cc(-c2ccccc2)ccc1-4. The van der Waals surface area contributed by atoms with Crippen molar-refractivity contribution in [2.24, 2.45) is 0 Å². The molecule has 0 bridgehead atoms. The zero-order chi connectivity index (χ0) is 39.0. The topological polar surface area (TPSA) is 6.48 Å². The van der Waals surface area contributed by atoms with Gasteiger partial charge in [0.25, 0.3) is 0 Å². The maximum absolute atomic E-state index is 2.66. The fourth-order valence-corrected chi connectivity index (χ4v) is 11.9. The van der Waals surface area contributed by atoms with Crippen LogP contribution in [-0.4, -0.2) is 6.85 Å². The number of para-hydroxylation sites is 1. The lowest BCUT2D eigenvalue weighted by atomic mass is 9.42. The summed E-state index contributed by atoms with van der Waals surface area (Å²) in [4.78, 5) is 5.32. The molecule has 0 amide bonds. The van der Waals surface area contributed by atoms with E-state index in [0.717, 1.165) is 0 Å². The second-order valence-corrected chi connectivity index (χ2v) is 17.9. The van der Waals surface area contributed by atoms with Crippen LogP contribution in [0.1, 0.15) is 25.0 Å². The van der Waals surface area contributed by atoms with Crippen molar-refractivity contribution in [3.05, 3.63) is 199 Å². The predicted octanol–water partition coefficient (Wildman–Crippen LogP) is 13.9. The van der Waals surface area contributed by atoms with E-state index in [1.165, 1.54) is 115 Å². The van der Waals surface area contributed by atoms with Gasteiger partial charge in [0.05, 0.1) is 5.69 Å². The van der Waals surface area contributed by atoms with Gasteiger partial charge in [-0.05, 0) is 97.5 Å². The molecule has 276 valence electrons. The largest absolute Gasteiger partial charge is 0.376 e. The van der Waals surface area contributed by atoms with Gasteiger partial charge in [0.2, 0.25) is 0 Å². The Morgan fingerprint density at radius 2 is 1.15 bits per heavy atom. The summed E-state index contributed by atoms with van der Waals surface area (Å²) in [7, 11) is 0. The Bertz CT molecular complexity index is 3370. The molecule has 1 aromatic heterocycles. The number of rotatable bonds is 3. The summed E-state index contributed by atoms with van der Waals surface area (Å²) in [5, 5.41) is 5.19. The summed E-state index contributed by atoms with van der Waals surface area (Å²) in [5.41, 5.74) is 19.0. The van der Waals surface area contributed by atoms with E-state index >= 15 is 0 Å². The first-order chi connectivity index (χ1) is 29.0. The molecular weight excluding hydrogens is 731 g/mol. The summed E-state index contributed by atoms with van der Waals surface area (Å²) < 4.78 is 2.68. The quantitative estimate of drug-likeness (QED) is 0.165. The van der Waals surface area contributed by atoms with Gasteiger partial charge in [-0.1, -0.05) is 159 Å². The van der Waals surface area contributed by atoms with Crippen molar-refractivity contribution in [1.82, 2.24) is 0 Å². The molecule has 9 aromatic carbocycles. The van der Waals surface area contributed by atoms with Crippen LogP contribution in [0, 0.1) is 0 Å². The lowest BCUT2D eigenvalue weighted by Gasteiger charge is -2.50. The lowest BCUT2D eigenvalue weighted by Crippen LogP contribution is -2.62. The minimum absolute atomic E-state index is 0.0697. The molecule has 0 unspecified atom stereocenters. The van der Waals surface area contributed by atoms with E-state index < -0.39 is 0 Å². The molecule has 3 aliphatic heterocycles. The third-order valence-corrected chi connectivity index (χ3v) is 14.6. The molecule has 4 heteroatoms. The van der Waals surface area contributed by atoms with Crippen molar-refractivity contribution >= 4 is 88.5 Å². The highest BCUT2D eigenvalue weighted by molar-refractivity contribution is 7.26. The van der Waals surface area contributed by atoms with Crippen molar-refractivity contribution in [2.45, 2.75) is 19.3 Å². The van der Waals surface area contributed by atoms with Crippen LogP contribution < -0.4 is 20.6 Å². The van der Waals surface area contributed by atoms with Crippen molar-refractivity contribution in [2.75, 3.05) is 9.71 Å². The number of nitrogens with zero attached hydrogens (tertiary/aromatic N) is 2. The molecular formula is C55H37BN2S. The van der Waals surface area contributed by atoms with E-state index in [0.29, 0.717) is 0 Å². The van der Waals surface area contributed by atoms with Crippen molar-refractivity contribution < 1.29 is 0 Å². The van der Waals surface area contributed by atoms with Gasteiger partial charge in [0, 0.05) is 59.5 Å². The fraction of sp³-hybridized carbons (Fsp3) is 0.0545. The first kappa shape index (κ1) is 33.1. The van der Waals surface area contributed by atoms with Gasteiger partial charge >= 0.3 is 6.85 Å². The number of benzene rings is 9. The summed E-state index contributed by atoms with van der Waals surface area (Å²) in [5.74, 6) is 0. The van der Waals surface area contributed by atoms with E-state index in [-0.39, 0.29) is 12.3 Å². The highest BCUT2D eigenvalue weighted by atomic mass is 32.1. The van der Waals surface area contributed by atoms with Crippen LogP contribution in [0.3, 0.4) is 0 Å². The highest BCUT2D eigenvalue weighted by Crippen LogP contribution is 2.57. The van der Waals surface area contributed by atoms with Gasteiger partial charge in [-0.2, -0.15) is 0 Å². The molecule has 0 radical (unpaired) electrons. The Balaban J connectivity index is 1.17. The molecule has 3 aliphatic rings. The summed E-state index contributed by atoms with van der Waals surface area (Å²) in [6.45, 7) is 4.78. The molecule has 0 saturated heterocycles. The molecule has 13 rings (SSSR count). The minimum atomic E-state index is -0.226. The lowest BCUT2D eigenvalue weighted by molar-refractivity contribution is 0.633. The van der Waals surface area contributed by atoms with Gasteiger partial charge in [-0.3, -0.25) is 0 Å². The Kier molecular flexibility index (Phi) is 6.78. The second-order valence-electron chi connectivity index (χ2n) is 16.9. The molecule has 59 heavy (non-hydrogen) atoms. The third kappa shape index (κ3) is 4.58. The average molecular weight is 769 g/mol. The van der Waals surface area contributed by atoms with E-state index in [4.69, 9.17) is 0 Å². The van der Waals surface area contributed by atoms with Crippen molar-refractivity contribution in [3.63, 3.8) is 0 Å². The van der Waals surface area contributed by atoms with Crippen LogP contribution in [0.4, 0.5) is 28.4 Å². The Labute approximate surface area is 348 Å². The Morgan fingerprint density at radius 3 is 1.93 bits per heavy atom. The van der Waals surface area contributed by atoms with E-state index in [1.807, 2.05) is 11.3 Å². The summed E-state index contributed by atoms with van der Waals surface area (Å²) in [6.07, 6.45) is 0. The molecule has 0 fully saturated rings. The monoisotopic (exact) mass is 768 g/mol. The summed E-state index contributed by atoms with van der Waals surface area (Å²) >= 11 is 1.94. The van der Waals surface area contributed by atoms with E-state index in [9.17, 15) is 0 Å². The van der Waals surface area contributed by atoms with Crippen LogP contribution in [0.15, 0.2) is 188 Å². The second kappa shape index (κ2) is 12.1. The van der Waals surface area contributed by atoms with Gasteiger partial charge < -0.3 is 9.71 Å².